The van der Waals surface area contributed by atoms with E-state index in [0.29, 0.717) is 6.54 Å². The van der Waals surface area contributed by atoms with Crippen molar-refractivity contribution in [1.29, 1.82) is 0 Å². The fourth-order valence-corrected chi connectivity index (χ4v) is 2.66. The highest BCUT2D eigenvalue weighted by atomic mass is 32.2. The highest BCUT2D eigenvalue weighted by Crippen LogP contribution is 2.26. The smallest absolute Gasteiger partial charge is 0.242 e. The predicted molar refractivity (Wildman–Crippen MR) is 89.4 cm³/mol. The molecule has 1 amide bonds. The first-order chi connectivity index (χ1) is 10.3. The van der Waals surface area contributed by atoms with Crippen molar-refractivity contribution in [1.82, 2.24) is 4.31 Å². The number of anilines is 1. The second-order valence-corrected chi connectivity index (χ2v) is 7.24. The van der Waals surface area contributed by atoms with Gasteiger partial charge in [-0.25, -0.2) is 8.42 Å². The summed E-state index contributed by atoms with van der Waals surface area (Å²) in [4.78, 5) is 14.1. The zero-order valence-corrected chi connectivity index (χ0v) is 13.8. The van der Waals surface area contributed by atoms with E-state index in [1.165, 1.54) is 7.05 Å². The Balaban J connectivity index is 2.37. The van der Waals surface area contributed by atoms with Crippen molar-refractivity contribution >= 4 is 32.4 Å². The van der Waals surface area contributed by atoms with Crippen molar-refractivity contribution in [3.05, 3.63) is 42.5 Å². The van der Waals surface area contributed by atoms with Crippen LogP contribution in [0.2, 0.25) is 0 Å². The zero-order chi connectivity index (χ0) is 16.3. The molecule has 2 aromatic rings. The molecule has 118 valence electrons. The van der Waals surface area contributed by atoms with Gasteiger partial charge in [0.25, 0.3) is 0 Å². The Bertz CT molecular complexity index is 782. The highest BCUT2D eigenvalue weighted by molar-refractivity contribution is 7.88. The van der Waals surface area contributed by atoms with E-state index in [4.69, 9.17) is 0 Å². The summed E-state index contributed by atoms with van der Waals surface area (Å²) < 4.78 is 24.0. The number of sulfonamides is 1. The Hall–Kier alpha value is -1.92. The first kappa shape index (κ1) is 16.5. The lowest BCUT2D eigenvalue weighted by molar-refractivity contribution is -0.118. The number of nitrogens with zero attached hydrogens (tertiary/aromatic N) is 2. The highest BCUT2D eigenvalue weighted by Gasteiger charge is 2.21. The molecule has 0 N–H and O–H groups in total. The summed E-state index contributed by atoms with van der Waals surface area (Å²) in [6, 6.07) is 13.6. The molecule has 0 unspecified atom stereocenters. The monoisotopic (exact) mass is 320 g/mol. The number of hydrogen-bond donors (Lipinski definition) is 0. The summed E-state index contributed by atoms with van der Waals surface area (Å²) in [5, 5.41) is 2.02. The minimum atomic E-state index is -3.38. The molecule has 0 heterocycles. The molecule has 0 spiro atoms. The average molecular weight is 320 g/mol. The van der Waals surface area contributed by atoms with Gasteiger partial charge in [-0.2, -0.15) is 4.31 Å². The first-order valence-corrected chi connectivity index (χ1v) is 8.89. The van der Waals surface area contributed by atoms with E-state index in [1.54, 1.807) is 4.90 Å². The van der Waals surface area contributed by atoms with Gasteiger partial charge in [-0.1, -0.05) is 36.4 Å². The maximum Gasteiger partial charge on any atom is 0.242 e. The SMILES string of the molecule is CCN(C(=O)CN(C)S(C)(=O)=O)c1cccc2ccccc12. The van der Waals surface area contributed by atoms with E-state index >= 15 is 0 Å². The topological polar surface area (TPSA) is 57.7 Å². The lowest BCUT2D eigenvalue weighted by Gasteiger charge is -2.25. The summed E-state index contributed by atoms with van der Waals surface area (Å²) in [7, 11) is -1.97. The Morgan fingerprint density at radius 3 is 2.36 bits per heavy atom. The molecule has 0 fully saturated rings. The summed E-state index contributed by atoms with van der Waals surface area (Å²) in [6.07, 6.45) is 1.09. The third-order valence-corrected chi connectivity index (χ3v) is 4.86. The Labute approximate surface area is 131 Å². The molecule has 0 saturated carbocycles. The molecule has 0 aliphatic rings. The van der Waals surface area contributed by atoms with E-state index in [-0.39, 0.29) is 12.5 Å². The maximum atomic E-state index is 12.5. The number of amides is 1. The summed E-state index contributed by atoms with van der Waals surface area (Å²) in [5.74, 6) is -0.244. The van der Waals surface area contributed by atoms with Crippen LogP contribution in [-0.4, -0.2) is 45.0 Å². The lowest BCUT2D eigenvalue weighted by Crippen LogP contribution is -2.41. The van der Waals surface area contributed by atoms with Crippen LogP contribution in [0.15, 0.2) is 42.5 Å². The summed E-state index contributed by atoms with van der Waals surface area (Å²) in [6.45, 7) is 2.18. The van der Waals surface area contributed by atoms with Crippen LogP contribution >= 0.6 is 0 Å². The second-order valence-electron chi connectivity index (χ2n) is 5.16. The lowest BCUT2D eigenvalue weighted by atomic mass is 10.1. The van der Waals surface area contributed by atoms with Crippen LogP contribution in [0.5, 0.6) is 0 Å². The van der Waals surface area contributed by atoms with E-state index in [9.17, 15) is 13.2 Å². The number of fused-ring (bicyclic) bond motifs is 1. The minimum Gasteiger partial charge on any atom is -0.311 e. The fourth-order valence-electron chi connectivity index (χ4n) is 2.32. The standard InChI is InChI=1S/C16H20N2O3S/c1-4-18(16(19)12-17(2)22(3,20)21)15-11-7-9-13-8-5-6-10-14(13)15/h5-11H,4,12H2,1-3H3. The van der Waals surface area contributed by atoms with Gasteiger partial charge in [-0.3, -0.25) is 4.79 Å². The van der Waals surface area contributed by atoms with Crippen molar-refractivity contribution in [3.8, 4) is 0 Å². The maximum absolute atomic E-state index is 12.5. The number of rotatable bonds is 5. The predicted octanol–water partition coefficient (Wildman–Crippen LogP) is 2.08. The average Bonchev–Trinajstić information content (AvgIpc) is 2.47. The molecule has 2 rings (SSSR count). The number of benzene rings is 2. The van der Waals surface area contributed by atoms with Crippen LogP contribution < -0.4 is 4.90 Å². The quantitative estimate of drug-likeness (QED) is 0.847. The molecule has 0 aromatic heterocycles. The Kier molecular flexibility index (Phi) is 4.83. The molecule has 0 saturated heterocycles. The van der Waals surface area contributed by atoms with Gasteiger partial charge in [0, 0.05) is 19.0 Å². The largest absolute Gasteiger partial charge is 0.311 e. The Morgan fingerprint density at radius 1 is 1.09 bits per heavy atom. The van der Waals surface area contributed by atoms with E-state index in [0.717, 1.165) is 27.0 Å². The van der Waals surface area contributed by atoms with Gasteiger partial charge in [-0.05, 0) is 18.4 Å². The van der Waals surface area contributed by atoms with Crippen molar-refractivity contribution in [2.45, 2.75) is 6.92 Å². The van der Waals surface area contributed by atoms with Crippen LogP contribution in [0.4, 0.5) is 5.69 Å². The molecule has 0 radical (unpaired) electrons. The molecule has 0 aliphatic carbocycles. The van der Waals surface area contributed by atoms with Gasteiger partial charge < -0.3 is 4.90 Å². The minimum absolute atomic E-state index is 0.171. The van der Waals surface area contributed by atoms with Gasteiger partial charge in [0.05, 0.1) is 18.5 Å². The normalized spacial score (nSPS) is 11.8. The Morgan fingerprint density at radius 2 is 1.73 bits per heavy atom. The zero-order valence-electron chi connectivity index (χ0n) is 13.0. The van der Waals surface area contributed by atoms with Crippen LogP contribution in [-0.2, 0) is 14.8 Å². The van der Waals surface area contributed by atoms with Gasteiger partial charge >= 0.3 is 0 Å². The molecule has 0 bridgehead atoms. The molecular weight excluding hydrogens is 300 g/mol. The van der Waals surface area contributed by atoms with Crippen molar-refractivity contribution in [2.24, 2.45) is 0 Å². The van der Waals surface area contributed by atoms with Gasteiger partial charge in [-0.15, -0.1) is 0 Å². The number of likely N-dealkylation sites (N-methyl/N-ethyl adjacent to an activating group) is 2. The molecule has 0 atom stereocenters. The third kappa shape index (κ3) is 3.45. The van der Waals surface area contributed by atoms with E-state index in [1.807, 2.05) is 49.4 Å². The first-order valence-electron chi connectivity index (χ1n) is 7.04. The number of carbonyl (C=O) groups excluding carboxylic acids is 1. The van der Waals surface area contributed by atoms with Crippen molar-refractivity contribution in [3.63, 3.8) is 0 Å². The van der Waals surface area contributed by atoms with E-state index < -0.39 is 10.0 Å². The molecule has 6 heteroatoms. The molecular formula is C16H20N2O3S. The van der Waals surface area contributed by atoms with Gasteiger partial charge in [0.1, 0.15) is 0 Å². The third-order valence-electron chi connectivity index (χ3n) is 3.60. The second kappa shape index (κ2) is 6.46. The molecule has 22 heavy (non-hydrogen) atoms. The van der Waals surface area contributed by atoms with Gasteiger partial charge in [0.15, 0.2) is 0 Å². The molecule has 2 aromatic carbocycles. The number of carbonyl (C=O) groups is 1. The number of hydrogen-bond acceptors (Lipinski definition) is 3. The summed E-state index contributed by atoms with van der Waals surface area (Å²) >= 11 is 0. The van der Waals surface area contributed by atoms with Crippen molar-refractivity contribution < 1.29 is 13.2 Å². The van der Waals surface area contributed by atoms with Gasteiger partial charge in [0.2, 0.25) is 15.9 Å². The van der Waals surface area contributed by atoms with Crippen LogP contribution in [0.25, 0.3) is 10.8 Å². The van der Waals surface area contributed by atoms with Crippen LogP contribution in [0.1, 0.15) is 6.92 Å². The van der Waals surface area contributed by atoms with Crippen LogP contribution in [0.3, 0.4) is 0 Å². The molecule has 5 nitrogen and oxygen atoms in total. The summed E-state index contributed by atoms with van der Waals surface area (Å²) in [5.41, 5.74) is 0.799. The molecule has 0 aliphatic heterocycles. The van der Waals surface area contributed by atoms with Crippen molar-refractivity contribution in [2.75, 3.05) is 31.3 Å². The van der Waals surface area contributed by atoms with E-state index in [2.05, 4.69) is 0 Å². The fraction of sp³-hybridized carbons (Fsp3) is 0.312. The van der Waals surface area contributed by atoms with Crippen LogP contribution in [0, 0.1) is 0 Å².